The summed E-state index contributed by atoms with van der Waals surface area (Å²) in [5, 5.41) is 2.68. The average molecular weight is 372 g/mol. The summed E-state index contributed by atoms with van der Waals surface area (Å²) in [4.78, 5) is 15.8. The topological polar surface area (TPSA) is 33.5 Å². The zero-order valence-electron chi connectivity index (χ0n) is 13.6. The smallest absolute Gasteiger partial charge is 0.246 e. The summed E-state index contributed by atoms with van der Waals surface area (Å²) in [6.07, 6.45) is 7.47. The van der Waals surface area contributed by atoms with Gasteiger partial charge in [0.15, 0.2) is 0 Å². The van der Waals surface area contributed by atoms with Gasteiger partial charge in [0.25, 0.3) is 0 Å². The van der Waals surface area contributed by atoms with Crippen LogP contribution in [-0.2, 0) is 17.8 Å². The number of thiophene rings is 1. The first kappa shape index (κ1) is 17.5. The zero-order chi connectivity index (χ0) is 17.5. The van der Waals surface area contributed by atoms with Crippen molar-refractivity contribution >= 4 is 34.9 Å². The first-order valence-electron chi connectivity index (χ1n) is 7.97. The van der Waals surface area contributed by atoms with Gasteiger partial charge in [-0.15, -0.1) is 11.3 Å². The predicted octanol–water partition coefficient (Wildman–Crippen LogP) is 5.28. The van der Waals surface area contributed by atoms with E-state index in [-0.39, 0.29) is 5.91 Å². The lowest BCUT2D eigenvalue weighted by Gasteiger charge is -2.20. The van der Waals surface area contributed by atoms with Crippen molar-refractivity contribution in [2.45, 2.75) is 13.0 Å². The Morgan fingerprint density at radius 1 is 1.20 bits per heavy atom. The Labute approximate surface area is 156 Å². The molecule has 0 N–H and O–H groups in total. The van der Waals surface area contributed by atoms with Crippen molar-refractivity contribution < 1.29 is 9.21 Å². The zero-order valence-corrected chi connectivity index (χ0v) is 15.2. The van der Waals surface area contributed by atoms with E-state index >= 15 is 0 Å². The number of benzene rings is 1. The molecule has 5 heteroatoms. The monoisotopic (exact) mass is 371 g/mol. The number of carbonyl (C=O) groups is 1. The van der Waals surface area contributed by atoms with Crippen LogP contribution in [-0.4, -0.2) is 17.4 Å². The van der Waals surface area contributed by atoms with Crippen LogP contribution in [0.25, 0.3) is 6.08 Å². The van der Waals surface area contributed by atoms with Crippen molar-refractivity contribution in [1.82, 2.24) is 4.90 Å². The first-order chi connectivity index (χ1) is 12.2. The van der Waals surface area contributed by atoms with Crippen molar-refractivity contribution in [2.24, 2.45) is 0 Å². The van der Waals surface area contributed by atoms with Crippen molar-refractivity contribution in [2.75, 3.05) is 6.54 Å². The second-order valence-electron chi connectivity index (χ2n) is 5.58. The lowest BCUT2D eigenvalue weighted by molar-refractivity contribution is -0.126. The van der Waals surface area contributed by atoms with Crippen LogP contribution < -0.4 is 0 Å². The number of rotatable bonds is 7. The van der Waals surface area contributed by atoms with Crippen LogP contribution in [0, 0.1) is 0 Å². The molecule has 0 aliphatic rings. The molecule has 0 unspecified atom stereocenters. The van der Waals surface area contributed by atoms with Crippen LogP contribution in [0.1, 0.15) is 16.0 Å². The molecule has 128 valence electrons. The van der Waals surface area contributed by atoms with Crippen molar-refractivity contribution in [3.63, 3.8) is 0 Å². The van der Waals surface area contributed by atoms with Gasteiger partial charge in [0, 0.05) is 34.6 Å². The van der Waals surface area contributed by atoms with Crippen molar-refractivity contribution in [1.29, 1.82) is 0 Å². The second kappa shape index (κ2) is 8.70. The Morgan fingerprint density at radius 2 is 2.08 bits per heavy atom. The molecule has 0 radical (unpaired) electrons. The van der Waals surface area contributed by atoms with Gasteiger partial charge < -0.3 is 9.32 Å². The minimum atomic E-state index is -0.0438. The van der Waals surface area contributed by atoms with Gasteiger partial charge in [-0.05, 0) is 41.6 Å². The predicted molar refractivity (Wildman–Crippen MR) is 103 cm³/mol. The molecule has 0 atom stereocenters. The molecule has 0 saturated heterocycles. The third kappa shape index (κ3) is 5.08. The molecule has 25 heavy (non-hydrogen) atoms. The summed E-state index contributed by atoms with van der Waals surface area (Å²) in [5.74, 6) is -0.0438. The molecule has 0 fully saturated rings. The number of halogens is 1. The van der Waals surface area contributed by atoms with E-state index in [1.165, 1.54) is 4.88 Å². The maximum Gasteiger partial charge on any atom is 0.246 e. The van der Waals surface area contributed by atoms with Gasteiger partial charge in [-0.2, -0.15) is 0 Å². The van der Waals surface area contributed by atoms with E-state index in [1.54, 1.807) is 36.0 Å². The van der Waals surface area contributed by atoms with E-state index < -0.39 is 0 Å². The van der Waals surface area contributed by atoms with Gasteiger partial charge in [-0.1, -0.05) is 35.9 Å². The number of amides is 1. The van der Waals surface area contributed by atoms with E-state index in [1.807, 2.05) is 41.3 Å². The van der Waals surface area contributed by atoms with E-state index in [0.717, 1.165) is 17.5 Å². The molecule has 1 aromatic carbocycles. The summed E-state index contributed by atoms with van der Waals surface area (Å²) in [6, 6.07) is 13.5. The standard InChI is InChI=1S/C20H18ClNO2S/c21-19-6-2-1-4-17(19)7-8-20(23)22(14-16-10-12-24-15-16)11-9-18-5-3-13-25-18/h1-8,10,12-13,15H,9,11,14H2/b8-7+. The minimum absolute atomic E-state index is 0.0438. The maximum absolute atomic E-state index is 12.7. The number of carbonyl (C=O) groups excluding carboxylic acids is 1. The highest BCUT2D eigenvalue weighted by molar-refractivity contribution is 7.09. The van der Waals surface area contributed by atoms with Crippen molar-refractivity contribution in [3.05, 3.63) is 87.5 Å². The molecule has 2 aromatic heterocycles. The average Bonchev–Trinajstić information content (AvgIpc) is 3.31. The largest absolute Gasteiger partial charge is 0.472 e. The fourth-order valence-corrected chi connectivity index (χ4v) is 3.34. The highest BCUT2D eigenvalue weighted by Crippen LogP contribution is 2.17. The molecule has 3 aromatic rings. The van der Waals surface area contributed by atoms with Crippen LogP contribution in [0.15, 0.2) is 70.9 Å². The highest BCUT2D eigenvalue weighted by Gasteiger charge is 2.13. The Balaban J connectivity index is 1.70. The third-order valence-corrected chi connectivity index (χ3v) is 5.06. The van der Waals surface area contributed by atoms with Gasteiger partial charge in [-0.3, -0.25) is 4.79 Å². The number of hydrogen-bond acceptors (Lipinski definition) is 3. The number of hydrogen-bond donors (Lipinski definition) is 0. The normalized spacial score (nSPS) is 11.1. The van der Waals surface area contributed by atoms with Crippen LogP contribution >= 0.6 is 22.9 Å². The fraction of sp³-hybridized carbons (Fsp3) is 0.150. The Bertz CT molecular complexity index is 825. The summed E-state index contributed by atoms with van der Waals surface area (Å²) in [6.45, 7) is 1.17. The van der Waals surface area contributed by atoms with Crippen LogP contribution in [0.5, 0.6) is 0 Å². The van der Waals surface area contributed by atoms with Gasteiger partial charge in [-0.25, -0.2) is 0 Å². The molecule has 3 nitrogen and oxygen atoms in total. The summed E-state index contributed by atoms with van der Waals surface area (Å²) < 4.78 is 5.12. The highest BCUT2D eigenvalue weighted by atomic mass is 35.5. The Hall–Kier alpha value is -2.30. The lowest BCUT2D eigenvalue weighted by atomic mass is 10.2. The van der Waals surface area contributed by atoms with Gasteiger partial charge >= 0.3 is 0 Å². The molecule has 0 spiro atoms. The van der Waals surface area contributed by atoms with Gasteiger partial charge in [0.1, 0.15) is 0 Å². The maximum atomic E-state index is 12.7. The summed E-state index contributed by atoms with van der Waals surface area (Å²) >= 11 is 7.85. The fourth-order valence-electron chi connectivity index (χ4n) is 2.45. The number of nitrogens with zero attached hydrogens (tertiary/aromatic N) is 1. The quantitative estimate of drug-likeness (QED) is 0.529. The molecule has 3 rings (SSSR count). The van der Waals surface area contributed by atoms with E-state index in [9.17, 15) is 4.79 Å². The van der Waals surface area contributed by atoms with Crippen LogP contribution in [0.4, 0.5) is 0 Å². The molecule has 0 saturated carbocycles. The molecule has 1 amide bonds. The SMILES string of the molecule is O=C(/C=C/c1ccccc1Cl)N(CCc1cccs1)Cc1ccoc1. The first-order valence-corrected chi connectivity index (χ1v) is 9.23. The molecular formula is C20H18ClNO2S. The molecule has 0 bridgehead atoms. The van der Waals surface area contributed by atoms with Crippen LogP contribution in [0.2, 0.25) is 5.02 Å². The van der Waals surface area contributed by atoms with E-state index in [2.05, 4.69) is 11.4 Å². The van der Waals surface area contributed by atoms with E-state index in [0.29, 0.717) is 18.1 Å². The molecule has 0 aliphatic carbocycles. The minimum Gasteiger partial charge on any atom is -0.472 e. The van der Waals surface area contributed by atoms with Gasteiger partial charge in [0.2, 0.25) is 5.91 Å². The van der Waals surface area contributed by atoms with Crippen LogP contribution in [0.3, 0.4) is 0 Å². The second-order valence-corrected chi connectivity index (χ2v) is 7.02. The molecule has 0 aliphatic heterocycles. The lowest BCUT2D eigenvalue weighted by Crippen LogP contribution is -2.30. The Kier molecular flexibility index (Phi) is 6.09. The third-order valence-electron chi connectivity index (χ3n) is 3.78. The Morgan fingerprint density at radius 3 is 2.80 bits per heavy atom. The number of furan rings is 1. The van der Waals surface area contributed by atoms with Crippen molar-refractivity contribution in [3.8, 4) is 0 Å². The summed E-state index contributed by atoms with van der Waals surface area (Å²) in [5.41, 5.74) is 1.81. The molecule has 2 heterocycles. The summed E-state index contributed by atoms with van der Waals surface area (Å²) in [7, 11) is 0. The van der Waals surface area contributed by atoms with E-state index in [4.69, 9.17) is 16.0 Å². The van der Waals surface area contributed by atoms with Gasteiger partial charge in [0.05, 0.1) is 12.5 Å². The molecular weight excluding hydrogens is 354 g/mol.